The molecule has 0 aromatic carbocycles. The average Bonchev–Trinajstić information content (AvgIpc) is 2.44. The van der Waals surface area contributed by atoms with Gasteiger partial charge in [-0.3, -0.25) is 0 Å². The molecule has 1 aromatic rings. The number of nitrogens with two attached hydrogens (primary N) is 1. The van der Waals surface area contributed by atoms with Crippen molar-refractivity contribution in [3.05, 3.63) is 5.82 Å². The van der Waals surface area contributed by atoms with Crippen molar-refractivity contribution in [2.75, 3.05) is 29.5 Å². The fourth-order valence-electron chi connectivity index (χ4n) is 2.13. The molecule has 0 spiro atoms. The van der Waals surface area contributed by atoms with Crippen LogP contribution in [0.25, 0.3) is 0 Å². The van der Waals surface area contributed by atoms with E-state index in [2.05, 4.69) is 26.8 Å². The summed E-state index contributed by atoms with van der Waals surface area (Å²) in [6.07, 6.45) is 6.20. The lowest BCUT2D eigenvalue weighted by Crippen LogP contribution is -2.31. The molecule has 1 aliphatic heterocycles. The Morgan fingerprint density at radius 1 is 1.16 bits per heavy atom. The molecule has 2 heterocycles. The third kappa shape index (κ3) is 4.53. The van der Waals surface area contributed by atoms with Gasteiger partial charge in [-0.1, -0.05) is 13.3 Å². The number of thioether (sulfide) groups is 1. The second kappa shape index (κ2) is 7.53. The van der Waals surface area contributed by atoms with Crippen molar-refractivity contribution < 1.29 is 0 Å². The molecule has 2 N–H and O–H groups in total. The molecule has 0 saturated carbocycles. The lowest BCUT2D eigenvalue weighted by molar-refractivity contribution is 0.567. The molecule has 0 amide bonds. The van der Waals surface area contributed by atoms with Gasteiger partial charge in [-0.2, -0.15) is 26.7 Å². The predicted molar refractivity (Wildman–Crippen MR) is 81.4 cm³/mol. The molecule has 106 valence electrons. The van der Waals surface area contributed by atoms with Gasteiger partial charge >= 0.3 is 0 Å². The van der Waals surface area contributed by atoms with Crippen LogP contribution in [0, 0.1) is 0 Å². The van der Waals surface area contributed by atoms with Crippen LogP contribution >= 0.6 is 11.8 Å². The van der Waals surface area contributed by atoms with Crippen LogP contribution in [0.15, 0.2) is 0 Å². The normalized spacial score (nSPS) is 15.7. The first-order chi connectivity index (χ1) is 9.29. The van der Waals surface area contributed by atoms with Crippen LogP contribution in [-0.2, 0) is 5.75 Å². The van der Waals surface area contributed by atoms with Gasteiger partial charge in [-0.25, -0.2) is 0 Å². The summed E-state index contributed by atoms with van der Waals surface area (Å²) in [4.78, 5) is 15.3. The van der Waals surface area contributed by atoms with Gasteiger partial charge in [0.25, 0.3) is 0 Å². The molecule has 0 aliphatic carbocycles. The zero-order chi connectivity index (χ0) is 13.5. The first kappa shape index (κ1) is 14.4. The van der Waals surface area contributed by atoms with Crippen molar-refractivity contribution in [3.8, 4) is 0 Å². The molecule has 0 radical (unpaired) electrons. The van der Waals surface area contributed by atoms with Crippen molar-refractivity contribution in [1.82, 2.24) is 15.0 Å². The predicted octanol–water partition coefficient (Wildman–Crippen LogP) is 2.48. The van der Waals surface area contributed by atoms with Crippen molar-refractivity contribution in [3.63, 3.8) is 0 Å². The van der Waals surface area contributed by atoms with Gasteiger partial charge in [0.1, 0.15) is 5.82 Å². The Bertz CT molecular complexity index is 393. The topological polar surface area (TPSA) is 67.9 Å². The molecule has 1 aliphatic rings. The highest BCUT2D eigenvalue weighted by atomic mass is 32.2. The second-order valence-corrected chi connectivity index (χ2v) is 5.97. The number of piperidine rings is 1. The maximum Gasteiger partial charge on any atom is 0.230 e. The van der Waals surface area contributed by atoms with Crippen LogP contribution in [0.2, 0.25) is 0 Å². The monoisotopic (exact) mass is 281 g/mol. The molecule has 5 nitrogen and oxygen atoms in total. The summed E-state index contributed by atoms with van der Waals surface area (Å²) in [6.45, 7) is 4.27. The molecular formula is C13H23N5S. The summed E-state index contributed by atoms with van der Waals surface area (Å²) in [5.41, 5.74) is 5.80. The number of anilines is 2. The van der Waals surface area contributed by atoms with Crippen LogP contribution in [0.5, 0.6) is 0 Å². The third-order valence-corrected chi connectivity index (χ3v) is 4.24. The Balaban J connectivity index is 1.97. The van der Waals surface area contributed by atoms with Gasteiger partial charge < -0.3 is 10.6 Å². The van der Waals surface area contributed by atoms with Crippen LogP contribution in [0.1, 0.15) is 44.9 Å². The summed E-state index contributed by atoms with van der Waals surface area (Å²) in [5.74, 6) is 3.91. The van der Waals surface area contributed by atoms with Crippen LogP contribution in [0.3, 0.4) is 0 Å². The van der Waals surface area contributed by atoms with Crippen molar-refractivity contribution in [2.45, 2.75) is 44.8 Å². The van der Waals surface area contributed by atoms with Gasteiger partial charge in [-0.15, -0.1) is 0 Å². The molecular weight excluding hydrogens is 258 g/mol. The van der Waals surface area contributed by atoms with Crippen LogP contribution in [0.4, 0.5) is 11.9 Å². The number of nitrogens with zero attached hydrogens (tertiary/aromatic N) is 4. The number of unbranched alkanes of at least 4 members (excludes halogenated alkanes) is 1. The number of aromatic nitrogens is 3. The lowest BCUT2D eigenvalue weighted by atomic mass is 10.1. The Labute approximate surface area is 119 Å². The molecule has 0 unspecified atom stereocenters. The van der Waals surface area contributed by atoms with E-state index in [1.165, 1.54) is 32.1 Å². The minimum absolute atomic E-state index is 0.349. The molecule has 1 aromatic heterocycles. The summed E-state index contributed by atoms with van der Waals surface area (Å²) in [7, 11) is 0. The fraction of sp³-hybridized carbons (Fsp3) is 0.769. The van der Waals surface area contributed by atoms with Gasteiger partial charge in [0.2, 0.25) is 11.9 Å². The molecule has 1 fully saturated rings. The Morgan fingerprint density at radius 3 is 2.68 bits per heavy atom. The molecule has 19 heavy (non-hydrogen) atoms. The quantitative estimate of drug-likeness (QED) is 0.808. The molecule has 0 atom stereocenters. The zero-order valence-corrected chi connectivity index (χ0v) is 12.5. The summed E-state index contributed by atoms with van der Waals surface area (Å²) in [6, 6.07) is 0. The summed E-state index contributed by atoms with van der Waals surface area (Å²) < 4.78 is 0. The van der Waals surface area contributed by atoms with Gasteiger partial charge in [0, 0.05) is 13.1 Å². The van der Waals surface area contributed by atoms with Gasteiger partial charge in [-0.05, 0) is 31.4 Å². The number of rotatable bonds is 6. The van der Waals surface area contributed by atoms with Crippen LogP contribution in [-0.4, -0.2) is 33.8 Å². The largest absolute Gasteiger partial charge is 0.368 e. The first-order valence-corrected chi connectivity index (χ1v) is 8.28. The highest BCUT2D eigenvalue weighted by Gasteiger charge is 2.15. The minimum Gasteiger partial charge on any atom is -0.368 e. The molecule has 6 heteroatoms. The SMILES string of the molecule is CCCCSCc1nc(N)nc(N2CCCCC2)n1. The van der Waals surface area contributed by atoms with E-state index in [-0.39, 0.29) is 0 Å². The molecule has 2 rings (SSSR count). The lowest BCUT2D eigenvalue weighted by Gasteiger charge is -2.26. The maximum absolute atomic E-state index is 5.80. The highest BCUT2D eigenvalue weighted by molar-refractivity contribution is 7.98. The average molecular weight is 281 g/mol. The summed E-state index contributed by atoms with van der Waals surface area (Å²) in [5, 5.41) is 0. The smallest absolute Gasteiger partial charge is 0.230 e. The number of nitrogen functional groups attached to an aromatic ring is 1. The van der Waals surface area contributed by atoms with Crippen molar-refractivity contribution in [1.29, 1.82) is 0 Å². The number of hydrogen-bond donors (Lipinski definition) is 1. The van der Waals surface area contributed by atoms with E-state index in [4.69, 9.17) is 5.73 Å². The van der Waals surface area contributed by atoms with Crippen LogP contribution < -0.4 is 10.6 Å². The Hall–Kier alpha value is -1.04. The third-order valence-electron chi connectivity index (χ3n) is 3.20. The van der Waals surface area contributed by atoms with Gasteiger partial charge in [0.15, 0.2) is 0 Å². The molecule has 1 saturated heterocycles. The minimum atomic E-state index is 0.349. The maximum atomic E-state index is 5.80. The Kier molecular flexibility index (Phi) is 5.69. The van der Waals surface area contributed by atoms with E-state index in [1.54, 1.807) is 0 Å². The fourth-order valence-corrected chi connectivity index (χ4v) is 3.08. The van der Waals surface area contributed by atoms with E-state index in [1.807, 2.05) is 11.8 Å². The number of hydrogen-bond acceptors (Lipinski definition) is 6. The van der Waals surface area contributed by atoms with Gasteiger partial charge in [0.05, 0.1) is 5.75 Å². The molecule has 0 bridgehead atoms. The van der Waals surface area contributed by atoms with E-state index in [0.717, 1.165) is 36.4 Å². The first-order valence-electron chi connectivity index (χ1n) is 7.12. The zero-order valence-electron chi connectivity index (χ0n) is 11.6. The highest BCUT2D eigenvalue weighted by Crippen LogP contribution is 2.18. The van der Waals surface area contributed by atoms with E-state index < -0.39 is 0 Å². The Morgan fingerprint density at radius 2 is 1.95 bits per heavy atom. The van der Waals surface area contributed by atoms with E-state index >= 15 is 0 Å². The standard InChI is InChI=1S/C13H23N5S/c1-2-3-9-19-10-11-15-12(14)17-13(16-11)18-7-5-4-6-8-18/h2-10H2,1H3,(H2,14,15,16,17). The van der Waals surface area contributed by atoms with Crippen molar-refractivity contribution in [2.24, 2.45) is 0 Å². The van der Waals surface area contributed by atoms with E-state index in [0.29, 0.717) is 5.95 Å². The van der Waals surface area contributed by atoms with Crippen molar-refractivity contribution >= 4 is 23.7 Å². The van der Waals surface area contributed by atoms with E-state index in [9.17, 15) is 0 Å². The summed E-state index contributed by atoms with van der Waals surface area (Å²) >= 11 is 1.87. The second-order valence-electron chi connectivity index (χ2n) is 4.86.